The molecule has 1 aromatic rings. The number of likely N-dealkylation sites (tertiary alicyclic amines) is 1. The fourth-order valence-electron chi connectivity index (χ4n) is 3.46. The van der Waals surface area contributed by atoms with Crippen LogP contribution in [0.2, 0.25) is 0 Å². The van der Waals surface area contributed by atoms with Gasteiger partial charge in [-0.15, -0.1) is 17.9 Å². The third-order valence-electron chi connectivity index (χ3n) is 4.69. The number of aliphatic carboxylic acids is 1. The Balaban J connectivity index is 0.000000345. The molecule has 2 saturated heterocycles. The highest BCUT2D eigenvalue weighted by Crippen LogP contribution is 2.33. The van der Waals surface area contributed by atoms with Gasteiger partial charge in [0.05, 0.1) is 25.4 Å². The number of carboxylic acid groups (broad SMARTS) is 1. The van der Waals surface area contributed by atoms with Gasteiger partial charge in [0, 0.05) is 28.9 Å². The van der Waals surface area contributed by atoms with Gasteiger partial charge in [-0.2, -0.15) is 13.2 Å². The van der Waals surface area contributed by atoms with Crippen molar-refractivity contribution in [3.63, 3.8) is 0 Å². The second-order valence-electron chi connectivity index (χ2n) is 6.84. The Morgan fingerprint density at radius 3 is 2.71 bits per heavy atom. The van der Waals surface area contributed by atoms with Crippen LogP contribution in [-0.2, 0) is 20.8 Å². The molecular formula is C19H26F3NO4S. The van der Waals surface area contributed by atoms with Crippen LogP contribution in [0.1, 0.15) is 29.0 Å². The average molecular weight is 421 g/mol. The summed E-state index contributed by atoms with van der Waals surface area (Å²) >= 11 is 1.92. The van der Waals surface area contributed by atoms with E-state index >= 15 is 0 Å². The van der Waals surface area contributed by atoms with E-state index in [-0.39, 0.29) is 6.10 Å². The maximum atomic E-state index is 10.6. The van der Waals surface area contributed by atoms with E-state index in [2.05, 4.69) is 30.5 Å². The summed E-state index contributed by atoms with van der Waals surface area (Å²) in [7, 11) is 0. The summed E-state index contributed by atoms with van der Waals surface area (Å²) in [6.45, 7) is 9.43. The molecule has 0 unspecified atom stereocenters. The van der Waals surface area contributed by atoms with Crippen LogP contribution >= 0.6 is 11.3 Å². The SMILES string of the molecule is C=CCOC[C@H]1CC[C@@H]2[C@@H](CCN2Cc2ccc(C)s2)O1.O=C(O)C(F)(F)F. The van der Waals surface area contributed by atoms with Gasteiger partial charge < -0.3 is 14.6 Å². The highest BCUT2D eigenvalue weighted by molar-refractivity contribution is 7.11. The number of aryl methyl sites for hydroxylation is 1. The maximum absolute atomic E-state index is 10.6. The summed E-state index contributed by atoms with van der Waals surface area (Å²) < 4.78 is 43.5. The number of nitrogens with zero attached hydrogens (tertiary/aromatic N) is 1. The first-order chi connectivity index (χ1) is 13.2. The van der Waals surface area contributed by atoms with Crippen LogP contribution in [-0.4, -0.2) is 60.2 Å². The summed E-state index contributed by atoms with van der Waals surface area (Å²) in [4.78, 5) is 14.4. The van der Waals surface area contributed by atoms with Crippen molar-refractivity contribution in [1.29, 1.82) is 0 Å². The van der Waals surface area contributed by atoms with Crippen LogP contribution in [0, 0.1) is 6.92 Å². The van der Waals surface area contributed by atoms with Crippen molar-refractivity contribution >= 4 is 17.3 Å². The monoisotopic (exact) mass is 421 g/mol. The highest BCUT2D eigenvalue weighted by atomic mass is 32.1. The van der Waals surface area contributed by atoms with E-state index in [1.807, 2.05) is 11.3 Å². The molecule has 2 aliphatic heterocycles. The Labute approximate surface area is 166 Å². The maximum Gasteiger partial charge on any atom is 0.490 e. The minimum absolute atomic E-state index is 0.273. The molecule has 158 valence electrons. The number of rotatable bonds is 6. The number of hydrogen-bond donors (Lipinski definition) is 1. The number of hydrogen-bond acceptors (Lipinski definition) is 5. The number of fused-ring (bicyclic) bond motifs is 1. The van der Waals surface area contributed by atoms with Crippen molar-refractivity contribution in [3.05, 3.63) is 34.5 Å². The van der Waals surface area contributed by atoms with E-state index in [0.29, 0.717) is 25.4 Å². The standard InChI is InChI=1S/C17H25NO2S.C2HF3O2/c1-3-10-19-12-14-5-7-16-17(20-14)8-9-18(16)11-15-6-4-13(2)21-15;3-2(4,5)1(6)7/h3-4,6,14,16-17H,1,5,7-12H2,2H3;(H,6,7)/t14-,16-,17-;/m1./s1. The van der Waals surface area contributed by atoms with Gasteiger partial charge in [-0.1, -0.05) is 6.08 Å². The number of alkyl halides is 3. The predicted octanol–water partition coefficient (Wildman–Crippen LogP) is 4.01. The average Bonchev–Trinajstić information content (AvgIpc) is 3.21. The summed E-state index contributed by atoms with van der Waals surface area (Å²) in [5.74, 6) is -2.76. The fourth-order valence-corrected chi connectivity index (χ4v) is 4.37. The lowest BCUT2D eigenvalue weighted by Crippen LogP contribution is -2.43. The van der Waals surface area contributed by atoms with Crippen molar-refractivity contribution < 1.29 is 32.5 Å². The van der Waals surface area contributed by atoms with Gasteiger partial charge in [0.25, 0.3) is 0 Å². The second-order valence-corrected chi connectivity index (χ2v) is 8.21. The zero-order chi connectivity index (χ0) is 20.7. The minimum Gasteiger partial charge on any atom is -0.475 e. The number of carbonyl (C=O) groups is 1. The molecule has 0 aliphatic carbocycles. The minimum atomic E-state index is -5.08. The first-order valence-electron chi connectivity index (χ1n) is 9.14. The van der Waals surface area contributed by atoms with Gasteiger partial charge in [0.1, 0.15) is 0 Å². The summed E-state index contributed by atoms with van der Waals surface area (Å²) in [6.07, 6.45) is 0.890. The van der Waals surface area contributed by atoms with E-state index in [9.17, 15) is 13.2 Å². The van der Waals surface area contributed by atoms with Gasteiger partial charge in [-0.3, -0.25) is 4.90 Å². The molecule has 0 bridgehead atoms. The molecule has 9 heteroatoms. The smallest absolute Gasteiger partial charge is 0.475 e. The molecule has 1 aromatic heterocycles. The topological polar surface area (TPSA) is 59.0 Å². The Kier molecular flexibility index (Phi) is 8.48. The lowest BCUT2D eigenvalue weighted by molar-refractivity contribution is -0.192. The van der Waals surface area contributed by atoms with Crippen molar-refractivity contribution in [2.45, 2.75) is 57.2 Å². The largest absolute Gasteiger partial charge is 0.490 e. The lowest BCUT2D eigenvalue weighted by Gasteiger charge is -2.35. The number of ether oxygens (including phenoxy) is 2. The van der Waals surface area contributed by atoms with E-state index in [1.54, 1.807) is 6.08 Å². The molecule has 2 aliphatic rings. The van der Waals surface area contributed by atoms with Crippen LogP contribution in [0.15, 0.2) is 24.8 Å². The first kappa shape index (κ1) is 22.9. The highest BCUT2D eigenvalue weighted by Gasteiger charge is 2.40. The van der Waals surface area contributed by atoms with Crippen molar-refractivity contribution in [1.82, 2.24) is 4.90 Å². The summed E-state index contributed by atoms with van der Waals surface area (Å²) in [6, 6.07) is 5.09. The molecule has 3 rings (SSSR count). The van der Waals surface area contributed by atoms with Crippen molar-refractivity contribution in [3.8, 4) is 0 Å². The van der Waals surface area contributed by atoms with Crippen molar-refractivity contribution in [2.24, 2.45) is 0 Å². The van der Waals surface area contributed by atoms with Crippen LogP contribution in [0.5, 0.6) is 0 Å². The molecule has 28 heavy (non-hydrogen) atoms. The molecule has 0 spiro atoms. The van der Waals surface area contributed by atoms with Crippen LogP contribution < -0.4 is 0 Å². The van der Waals surface area contributed by atoms with E-state index in [4.69, 9.17) is 19.4 Å². The summed E-state index contributed by atoms with van der Waals surface area (Å²) in [5, 5.41) is 7.12. The van der Waals surface area contributed by atoms with Gasteiger partial charge in [-0.25, -0.2) is 4.79 Å². The molecular weight excluding hydrogens is 395 g/mol. The predicted molar refractivity (Wildman–Crippen MR) is 100 cm³/mol. The molecule has 0 radical (unpaired) electrons. The van der Waals surface area contributed by atoms with Gasteiger partial charge in [-0.05, 0) is 38.3 Å². The zero-order valence-corrected chi connectivity index (χ0v) is 16.6. The normalized spacial score (nSPS) is 24.9. The number of thiophene rings is 1. The quantitative estimate of drug-likeness (QED) is 0.556. The molecule has 0 aromatic carbocycles. The molecule has 0 saturated carbocycles. The van der Waals surface area contributed by atoms with Crippen molar-refractivity contribution in [2.75, 3.05) is 19.8 Å². The Morgan fingerprint density at radius 1 is 1.43 bits per heavy atom. The number of halogens is 3. The van der Waals surface area contributed by atoms with E-state index < -0.39 is 12.1 Å². The molecule has 1 N–H and O–H groups in total. The van der Waals surface area contributed by atoms with Crippen LogP contribution in [0.25, 0.3) is 0 Å². The van der Waals surface area contributed by atoms with Gasteiger partial charge in [0.2, 0.25) is 0 Å². The Hall–Kier alpha value is -1.42. The van der Waals surface area contributed by atoms with Crippen LogP contribution in [0.4, 0.5) is 13.2 Å². The van der Waals surface area contributed by atoms with Gasteiger partial charge in [0.15, 0.2) is 0 Å². The first-order valence-corrected chi connectivity index (χ1v) is 9.96. The Morgan fingerprint density at radius 2 is 2.14 bits per heavy atom. The zero-order valence-electron chi connectivity index (χ0n) is 15.8. The van der Waals surface area contributed by atoms with Gasteiger partial charge >= 0.3 is 12.1 Å². The fraction of sp³-hybridized carbons (Fsp3) is 0.632. The molecule has 0 amide bonds. The van der Waals surface area contributed by atoms with Crippen LogP contribution in [0.3, 0.4) is 0 Å². The summed E-state index contributed by atoms with van der Waals surface area (Å²) in [5.41, 5.74) is 0. The third-order valence-corrected chi connectivity index (χ3v) is 5.67. The molecule has 5 nitrogen and oxygen atoms in total. The van der Waals surface area contributed by atoms with E-state index in [1.165, 1.54) is 16.2 Å². The molecule has 3 heterocycles. The third kappa shape index (κ3) is 6.88. The second kappa shape index (κ2) is 10.4. The molecule has 2 fully saturated rings. The number of carboxylic acids is 1. The lowest BCUT2D eigenvalue weighted by atomic mass is 9.99. The Bertz CT molecular complexity index is 649. The molecule has 3 atom stereocenters. The van der Waals surface area contributed by atoms with E-state index in [0.717, 1.165) is 25.9 Å².